The third-order valence-electron chi connectivity index (χ3n) is 8.82. The van der Waals surface area contributed by atoms with Crippen molar-refractivity contribution in [2.75, 3.05) is 12.0 Å². The van der Waals surface area contributed by atoms with Crippen molar-refractivity contribution in [1.29, 1.82) is 0 Å². The SMILES string of the molecule is COc1ccc(CC(=O)N/N=C\C23c4ccccc4C(c4ccccc42)[C@@H]2C(=O)N(c4ccc(Cl)cc4Cl)C(=O)[C@@H]23)cc1. The zero-order valence-corrected chi connectivity index (χ0v) is 24.5. The van der Waals surface area contributed by atoms with Gasteiger partial charge in [0.05, 0.1) is 41.5 Å². The van der Waals surface area contributed by atoms with Gasteiger partial charge in [0.1, 0.15) is 5.75 Å². The first-order chi connectivity index (χ1) is 20.8. The molecule has 1 N–H and O–H groups in total. The zero-order valence-electron chi connectivity index (χ0n) is 23.0. The average molecular weight is 610 g/mol. The van der Waals surface area contributed by atoms with Crippen LogP contribution in [-0.4, -0.2) is 31.0 Å². The number of amides is 3. The summed E-state index contributed by atoms with van der Waals surface area (Å²) >= 11 is 12.7. The topological polar surface area (TPSA) is 88.1 Å². The number of carbonyl (C=O) groups excluding carboxylic acids is 3. The fourth-order valence-corrected chi connectivity index (χ4v) is 7.62. The third kappa shape index (κ3) is 4.10. The molecule has 2 bridgehead atoms. The van der Waals surface area contributed by atoms with Crippen LogP contribution in [0.5, 0.6) is 5.75 Å². The Labute approximate surface area is 258 Å². The van der Waals surface area contributed by atoms with Crippen LogP contribution in [0.1, 0.15) is 33.7 Å². The molecule has 43 heavy (non-hydrogen) atoms. The number of hydrogen-bond acceptors (Lipinski definition) is 5. The molecule has 1 heterocycles. The largest absolute Gasteiger partial charge is 0.497 e. The number of hydrogen-bond donors (Lipinski definition) is 1. The van der Waals surface area contributed by atoms with E-state index in [9.17, 15) is 14.4 Å². The zero-order chi connectivity index (χ0) is 29.9. The van der Waals surface area contributed by atoms with Gasteiger partial charge in [-0.2, -0.15) is 5.10 Å². The fourth-order valence-electron chi connectivity index (χ4n) is 7.12. The number of ether oxygens (including phenoxy) is 1. The van der Waals surface area contributed by atoms with E-state index in [1.54, 1.807) is 37.6 Å². The molecular weight excluding hydrogens is 585 g/mol. The highest BCUT2D eigenvalue weighted by molar-refractivity contribution is 6.38. The normalized spacial score (nSPS) is 23.2. The van der Waals surface area contributed by atoms with Crippen molar-refractivity contribution in [2.45, 2.75) is 17.8 Å². The lowest BCUT2D eigenvalue weighted by Crippen LogP contribution is -2.54. The Hall–Kier alpha value is -4.46. The molecule has 4 aromatic carbocycles. The monoisotopic (exact) mass is 609 g/mol. The maximum Gasteiger partial charge on any atom is 0.244 e. The van der Waals surface area contributed by atoms with Gasteiger partial charge in [-0.25, -0.2) is 10.3 Å². The van der Waals surface area contributed by atoms with Gasteiger partial charge in [0.15, 0.2) is 0 Å². The van der Waals surface area contributed by atoms with Crippen molar-refractivity contribution < 1.29 is 19.1 Å². The number of imide groups is 1. The van der Waals surface area contributed by atoms with Gasteiger partial charge < -0.3 is 4.74 Å². The summed E-state index contributed by atoms with van der Waals surface area (Å²) in [5.41, 5.74) is 6.34. The van der Waals surface area contributed by atoms with E-state index in [4.69, 9.17) is 27.9 Å². The van der Waals surface area contributed by atoms with Crippen molar-refractivity contribution >= 4 is 52.8 Å². The highest BCUT2D eigenvalue weighted by atomic mass is 35.5. The maximum absolute atomic E-state index is 14.4. The van der Waals surface area contributed by atoms with E-state index in [0.29, 0.717) is 16.5 Å². The summed E-state index contributed by atoms with van der Waals surface area (Å²) in [6, 6.07) is 27.6. The molecule has 3 aliphatic carbocycles. The summed E-state index contributed by atoms with van der Waals surface area (Å²) in [4.78, 5) is 42.8. The molecule has 2 atom stereocenters. The molecule has 1 fully saturated rings. The van der Waals surface area contributed by atoms with Crippen LogP contribution in [0.3, 0.4) is 0 Å². The van der Waals surface area contributed by atoms with E-state index in [1.165, 1.54) is 11.0 Å². The minimum atomic E-state index is -1.11. The van der Waals surface area contributed by atoms with Gasteiger partial charge in [-0.1, -0.05) is 83.9 Å². The third-order valence-corrected chi connectivity index (χ3v) is 9.35. The van der Waals surface area contributed by atoms with Crippen molar-refractivity contribution in [3.05, 3.63) is 129 Å². The van der Waals surface area contributed by atoms with Gasteiger partial charge in [0.25, 0.3) is 0 Å². The number of benzene rings is 4. The number of nitrogens with one attached hydrogen (secondary N) is 1. The van der Waals surface area contributed by atoms with Crippen LogP contribution >= 0.6 is 23.2 Å². The van der Waals surface area contributed by atoms with Crippen LogP contribution in [-0.2, 0) is 26.2 Å². The smallest absolute Gasteiger partial charge is 0.244 e. The molecule has 8 rings (SSSR count). The number of carbonyl (C=O) groups is 3. The molecule has 214 valence electrons. The summed E-state index contributed by atoms with van der Waals surface area (Å²) in [6.45, 7) is 0. The first-order valence-corrected chi connectivity index (χ1v) is 14.6. The van der Waals surface area contributed by atoms with E-state index in [1.807, 2.05) is 60.7 Å². The van der Waals surface area contributed by atoms with Gasteiger partial charge in [0, 0.05) is 17.2 Å². The van der Waals surface area contributed by atoms with Gasteiger partial charge in [-0.05, 0) is 58.1 Å². The second-order valence-corrected chi connectivity index (χ2v) is 11.8. The van der Waals surface area contributed by atoms with Crippen LogP contribution < -0.4 is 15.1 Å². The Morgan fingerprint density at radius 3 is 2.21 bits per heavy atom. The first-order valence-electron chi connectivity index (χ1n) is 13.8. The van der Waals surface area contributed by atoms with E-state index in [0.717, 1.165) is 27.8 Å². The molecule has 0 aromatic heterocycles. The highest BCUT2D eigenvalue weighted by Gasteiger charge is 2.68. The molecule has 4 aliphatic rings. The van der Waals surface area contributed by atoms with E-state index < -0.39 is 17.3 Å². The minimum absolute atomic E-state index is 0.107. The van der Waals surface area contributed by atoms with E-state index in [-0.39, 0.29) is 35.1 Å². The molecule has 7 nitrogen and oxygen atoms in total. The first kappa shape index (κ1) is 27.4. The number of anilines is 1. The molecule has 0 unspecified atom stereocenters. The van der Waals surface area contributed by atoms with Crippen molar-refractivity contribution in [3.8, 4) is 5.75 Å². The summed E-state index contributed by atoms with van der Waals surface area (Å²) in [6.07, 6.45) is 1.75. The minimum Gasteiger partial charge on any atom is -0.497 e. The second kappa shape index (κ2) is 10.4. The molecule has 0 saturated carbocycles. The molecule has 1 aliphatic heterocycles. The summed E-state index contributed by atoms with van der Waals surface area (Å²) < 4.78 is 5.20. The molecule has 3 amide bonds. The Kier molecular flexibility index (Phi) is 6.60. The Morgan fingerprint density at radius 1 is 0.930 bits per heavy atom. The summed E-state index contributed by atoms with van der Waals surface area (Å²) in [5.74, 6) is -2.13. The molecule has 9 heteroatoms. The maximum atomic E-state index is 14.4. The highest BCUT2D eigenvalue weighted by Crippen LogP contribution is 2.63. The van der Waals surface area contributed by atoms with Crippen molar-refractivity contribution in [3.63, 3.8) is 0 Å². The van der Waals surface area contributed by atoms with Gasteiger partial charge >= 0.3 is 0 Å². The molecule has 4 aromatic rings. The lowest BCUT2D eigenvalue weighted by molar-refractivity contribution is -0.123. The fraction of sp³-hybridized carbons (Fsp3) is 0.176. The van der Waals surface area contributed by atoms with Crippen LogP contribution in [0, 0.1) is 11.8 Å². The number of methoxy groups -OCH3 is 1. The molecule has 0 spiro atoms. The predicted molar refractivity (Wildman–Crippen MR) is 165 cm³/mol. The molecular formula is C34H25Cl2N3O4. The lowest BCUT2D eigenvalue weighted by Gasteiger charge is -2.52. The second-order valence-electron chi connectivity index (χ2n) is 11.0. The van der Waals surface area contributed by atoms with Crippen LogP contribution in [0.2, 0.25) is 10.0 Å². The van der Waals surface area contributed by atoms with Gasteiger partial charge in [0.2, 0.25) is 17.7 Å². The van der Waals surface area contributed by atoms with Crippen LogP contribution in [0.25, 0.3) is 0 Å². The number of halogens is 2. The van der Waals surface area contributed by atoms with E-state index >= 15 is 0 Å². The average Bonchev–Trinajstić information content (AvgIpc) is 3.28. The predicted octanol–water partition coefficient (Wildman–Crippen LogP) is 5.90. The van der Waals surface area contributed by atoms with Gasteiger partial charge in [-0.3, -0.25) is 14.4 Å². The number of hydrazone groups is 1. The van der Waals surface area contributed by atoms with Crippen LogP contribution in [0.15, 0.2) is 96.1 Å². The summed E-state index contributed by atoms with van der Waals surface area (Å²) in [7, 11) is 1.58. The number of nitrogens with zero attached hydrogens (tertiary/aromatic N) is 2. The van der Waals surface area contributed by atoms with E-state index in [2.05, 4.69) is 10.5 Å². The lowest BCUT2D eigenvalue weighted by atomic mass is 9.47. The quantitative estimate of drug-likeness (QED) is 0.167. The Morgan fingerprint density at radius 2 is 1.58 bits per heavy atom. The van der Waals surface area contributed by atoms with Gasteiger partial charge in [-0.15, -0.1) is 0 Å². The number of rotatable bonds is 6. The van der Waals surface area contributed by atoms with Crippen molar-refractivity contribution in [1.82, 2.24) is 5.43 Å². The molecule has 1 saturated heterocycles. The Bertz CT molecular complexity index is 1790. The molecule has 0 radical (unpaired) electrons. The van der Waals surface area contributed by atoms with Crippen molar-refractivity contribution in [2.24, 2.45) is 16.9 Å². The van der Waals surface area contributed by atoms with Crippen LogP contribution in [0.4, 0.5) is 5.69 Å². The standard InChI is InChI=1S/C34H25Cl2N3O4/c1-43-21-13-10-19(11-14-21)16-28(40)38-37-18-34-24-8-4-2-6-22(24)29(23-7-3-5-9-25(23)34)30-31(34)33(42)39(32(30)41)27-15-12-20(35)17-26(27)36/h2-15,17-18,29-31H,16H2,1H3,(H,38,40)/b37-18-/t29?,30-,31+,34?/m0/s1. The summed E-state index contributed by atoms with van der Waals surface area (Å²) in [5, 5.41) is 5.08. The Balaban J connectivity index is 1.33.